The van der Waals surface area contributed by atoms with Crippen molar-refractivity contribution in [1.29, 1.82) is 0 Å². The molecule has 2 heterocycles. The minimum absolute atomic E-state index is 0.0391. The topological polar surface area (TPSA) is 84.4 Å². The predicted molar refractivity (Wildman–Crippen MR) is 98.0 cm³/mol. The van der Waals surface area contributed by atoms with E-state index in [2.05, 4.69) is 35.5 Å². The number of sulfonamides is 1. The van der Waals surface area contributed by atoms with Crippen molar-refractivity contribution in [3.05, 3.63) is 46.3 Å². The lowest BCUT2D eigenvalue weighted by molar-refractivity contribution is 0.122. The molecule has 0 unspecified atom stereocenters. The molecule has 1 fully saturated rings. The van der Waals surface area contributed by atoms with E-state index in [9.17, 15) is 8.42 Å². The molecule has 3 rings (SSSR count). The summed E-state index contributed by atoms with van der Waals surface area (Å²) in [7, 11) is -3.61. The molecule has 1 N–H and O–H groups in total. The maximum Gasteiger partial charge on any atom is 0.240 e. The van der Waals surface area contributed by atoms with E-state index in [1.807, 2.05) is 13.0 Å². The molecule has 134 valence electrons. The molecule has 1 aromatic heterocycles. The number of hydrogen-bond donors (Lipinski definition) is 1. The normalized spacial score (nSPS) is 15.4. The van der Waals surface area contributed by atoms with Gasteiger partial charge in [-0.3, -0.25) is 0 Å². The molecule has 0 aliphatic carbocycles. The van der Waals surface area contributed by atoms with E-state index in [0.29, 0.717) is 19.0 Å². The van der Waals surface area contributed by atoms with Gasteiger partial charge in [-0.15, -0.1) is 0 Å². The van der Waals surface area contributed by atoms with Gasteiger partial charge in [-0.2, -0.15) is 0 Å². The second-order valence-corrected chi connectivity index (χ2v) is 8.34. The minimum atomic E-state index is -3.61. The van der Waals surface area contributed by atoms with Gasteiger partial charge in [0.1, 0.15) is 11.6 Å². The van der Waals surface area contributed by atoms with Crippen molar-refractivity contribution in [2.75, 3.05) is 31.2 Å². The summed E-state index contributed by atoms with van der Waals surface area (Å²) in [5.74, 6) is 1.25. The molecular formula is C16H19BrN4O3S. The highest BCUT2D eigenvalue weighted by atomic mass is 79.9. The first kappa shape index (κ1) is 18.2. The fraction of sp³-hybridized carbons (Fsp3) is 0.375. The summed E-state index contributed by atoms with van der Waals surface area (Å²) in [6.45, 7) is 4.76. The van der Waals surface area contributed by atoms with E-state index >= 15 is 0 Å². The van der Waals surface area contributed by atoms with Crippen molar-refractivity contribution >= 4 is 31.8 Å². The molecule has 1 saturated heterocycles. The fourth-order valence-electron chi connectivity index (χ4n) is 2.50. The van der Waals surface area contributed by atoms with Crippen LogP contribution >= 0.6 is 15.9 Å². The third kappa shape index (κ3) is 4.75. The average Bonchev–Trinajstić information content (AvgIpc) is 2.61. The van der Waals surface area contributed by atoms with Crippen LogP contribution in [0.1, 0.15) is 11.5 Å². The summed E-state index contributed by atoms with van der Waals surface area (Å²) in [4.78, 5) is 11.2. The van der Waals surface area contributed by atoms with E-state index < -0.39 is 10.0 Å². The number of nitrogens with zero attached hydrogens (tertiary/aromatic N) is 3. The Bertz CT molecular complexity index is 837. The van der Waals surface area contributed by atoms with Gasteiger partial charge in [0.05, 0.1) is 24.7 Å². The largest absolute Gasteiger partial charge is 0.378 e. The molecule has 0 radical (unpaired) electrons. The number of rotatable bonds is 5. The quantitative estimate of drug-likeness (QED) is 0.785. The molecule has 9 heteroatoms. The van der Waals surface area contributed by atoms with Gasteiger partial charge in [0.2, 0.25) is 10.0 Å². The molecule has 0 amide bonds. The second kappa shape index (κ2) is 7.77. The van der Waals surface area contributed by atoms with Gasteiger partial charge in [0.15, 0.2) is 0 Å². The lowest BCUT2D eigenvalue weighted by Gasteiger charge is -2.28. The first-order valence-corrected chi connectivity index (χ1v) is 10.1. The number of aromatic nitrogens is 2. The molecule has 7 nitrogen and oxygen atoms in total. The predicted octanol–water partition coefficient (Wildman–Crippen LogP) is 1.86. The lowest BCUT2D eigenvalue weighted by atomic mass is 10.3. The average molecular weight is 427 g/mol. The van der Waals surface area contributed by atoms with E-state index in [0.717, 1.165) is 29.1 Å². The van der Waals surface area contributed by atoms with Gasteiger partial charge in [-0.1, -0.05) is 15.9 Å². The van der Waals surface area contributed by atoms with Crippen LogP contribution in [0.25, 0.3) is 0 Å². The van der Waals surface area contributed by atoms with Crippen LogP contribution in [-0.2, 0) is 21.3 Å². The van der Waals surface area contributed by atoms with Gasteiger partial charge >= 0.3 is 0 Å². The molecule has 0 spiro atoms. The van der Waals surface area contributed by atoms with Gasteiger partial charge in [0.25, 0.3) is 0 Å². The zero-order chi connectivity index (χ0) is 17.9. The summed E-state index contributed by atoms with van der Waals surface area (Å²) in [6.07, 6.45) is 0. The van der Waals surface area contributed by atoms with Crippen LogP contribution < -0.4 is 9.62 Å². The van der Waals surface area contributed by atoms with E-state index in [4.69, 9.17) is 4.74 Å². The van der Waals surface area contributed by atoms with Crippen LogP contribution in [0.4, 0.5) is 5.82 Å². The van der Waals surface area contributed by atoms with Crippen molar-refractivity contribution in [2.45, 2.75) is 18.4 Å². The molecular weight excluding hydrogens is 408 g/mol. The summed E-state index contributed by atoms with van der Waals surface area (Å²) in [5, 5.41) is 0. The zero-order valence-corrected chi connectivity index (χ0v) is 16.2. The Hall–Kier alpha value is -1.55. The zero-order valence-electron chi connectivity index (χ0n) is 13.8. The van der Waals surface area contributed by atoms with E-state index in [1.54, 1.807) is 24.3 Å². The second-order valence-electron chi connectivity index (χ2n) is 5.66. The molecule has 1 aromatic carbocycles. The number of aryl methyl sites for hydroxylation is 1. The number of nitrogens with one attached hydrogen (secondary N) is 1. The van der Waals surface area contributed by atoms with Gasteiger partial charge in [0, 0.05) is 29.3 Å². The maximum atomic E-state index is 12.4. The summed E-state index contributed by atoms with van der Waals surface area (Å²) in [5.41, 5.74) is 0.800. The molecule has 2 aromatic rings. The van der Waals surface area contributed by atoms with Crippen molar-refractivity contribution in [2.24, 2.45) is 0 Å². The van der Waals surface area contributed by atoms with Crippen LogP contribution in [-0.4, -0.2) is 44.7 Å². The fourth-order valence-corrected chi connectivity index (χ4v) is 3.75. The van der Waals surface area contributed by atoms with Crippen molar-refractivity contribution in [3.63, 3.8) is 0 Å². The first-order valence-electron chi connectivity index (χ1n) is 7.86. The van der Waals surface area contributed by atoms with Gasteiger partial charge < -0.3 is 9.64 Å². The highest BCUT2D eigenvalue weighted by Gasteiger charge is 2.17. The van der Waals surface area contributed by atoms with Crippen LogP contribution in [0.5, 0.6) is 0 Å². The number of morpholine rings is 1. The highest BCUT2D eigenvalue weighted by molar-refractivity contribution is 9.10. The number of ether oxygens (including phenoxy) is 1. The highest BCUT2D eigenvalue weighted by Crippen LogP contribution is 2.16. The number of halogens is 1. The Morgan fingerprint density at radius 2 is 1.88 bits per heavy atom. The lowest BCUT2D eigenvalue weighted by Crippen LogP contribution is -2.37. The van der Waals surface area contributed by atoms with Crippen LogP contribution in [0.2, 0.25) is 0 Å². The standard InChI is InChI=1S/C16H19BrN4O3S/c1-12-10-16(21-6-8-24-9-7-21)20-15(19-12)11-18-25(22,23)14-4-2-13(17)3-5-14/h2-5,10,18H,6-9,11H2,1H3. The number of anilines is 1. The summed E-state index contributed by atoms with van der Waals surface area (Å²) >= 11 is 3.29. The molecule has 1 aliphatic rings. The van der Waals surface area contributed by atoms with Crippen molar-refractivity contribution in [3.8, 4) is 0 Å². The first-order chi connectivity index (χ1) is 11.9. The number of benzene rings is 1. The Kier molecular flexibility index (Phi) is 5.67. The molecule has 1 aliphatic heterocycles. The van der Waals surface area contributed by atoms with E-state index in [-0.39, 0.29) is 11.4 Å². The van der Waals surface area contributed by atoms with E-state index in [1.165, 1.54) is 0 Å². The number of hydrogen-bond acceptors (Lipinski definition) is 6. The monoisotopic (exact) mass is 426 g/mol. The van der Waals surface area contributed by atoms with Gasteiger partial charge in [-0.05, 0) is 31.2 Å². The molecule has 0 atom stereocenters. The Morgan fingerprint density at radius 1 is 1.20 bits per heavy atom. The van der Waals surface area contributed by atoms with Crippen molar-refractivity contribution in [1.82, 2.24) is 14.7 Å². The SMILES string of the molecule is Cc1cc(N2CCOCC2)nc(CNS(=O)(=O)c2ccc(Br)cc2)n1. The molecule has 25 heavy (non-hydrogen) atoms. The van der Waals surface area contributed by atoms with Crippen LogP contribution in [0.3, 0.4) is 0 Å². The molecule has 0 saturated carbocycles. The summed E-state index contributed by atoms with van der Waals surface area (Å²) in [6, 6.07) is 8.37. The third-order valence-electron chi connectivity index (χ3n) is 3.77. The smallest absolute Gasteiger partial charge is 0.240 e. The minimum Gasteiger partial charge on any atom is -0.378 e. The Morgan fingerprint density at radius 3 is 2.56 bits per heavy atom. The van der Waals surface area contributed by atoms with Crippen LogP contribution in [0, 0.1) is 6.92 Å². The van der Waals surface area contributed by atoms with Crippen molar-refractivity contribution < 1.29 is 13.2 Å². The maximum absolute atomic E-state index is 12.4. The Labute approximate surface area is 155 Å². The third-order valence-corrected chi connectivity index (χ3v) is 5.71. The Balaban J connectivity index is 1.74. The summed E-state index contributed by atoms with van der Waals surface area (Å²) < 4.78 is 33.5. The van der Waals surface area contributed by atoms with Gasteiger partial charge in [-0.25, -0.2) is 23.1 Å². The van der Waals surface area contributed by atoms with Crippen LogP contribution in [0.15, 0.2) is 39.7 Å². The molecule has 0 bridgehead atoms.